The molecule has 0 saturated carbocycles. The van der Waals surface area contributed by atoms with Gasteiger partial charge in [-0.25, -0.2) is 8.42 Å². The van der Waals surface area contributed by atoms with Crippen molar-refractivity contribution in [2.45, 2.75) is 19.5 Å². The van der Waals surface area contributed by atoms with Gasteiger partial charge in [0.25, 0.3) is 0 Å². The average molecular weight is 430 g/mol. The molecule has 1 heterocycles. The summed E-state index contributed by atoms with van der Waals surface area (Å²) in [7, 11) is -2.09. The number of nitrogens with one attached hydrogen (secondary N) is 1. The minimum Gasteiger partial charge on any atom is -0.497 e. The predicted molar refractivity (Wildman–Crippen MR) is 111 cm³/mol. The lowest BCUT2D eigenvalue weighted by Gasteiger charge is -2.28. The van der Waals surface area contributed by atoms with Crippen molar-refractivity contribution in [3.8, 4) is 17.1 Å². The second-order valence-corrected chi connectivity index (χ2v) is 8.39. The van der Waals surface area contributed by atoms with Gasteiger partial charge < -0.3 is 14.6 Å². The van der Waals surface area contributed by atoms with Gasteiger partial charge in [0.05, 0.1) is 25.6 Å². The van der Waals surface area contributed by atoms with E-state index in [1.54, 1.807) is 61.7 Å². The Kier molecular flexibility index (Phi) is 6.36. The maximum absolute atomic E-state index is 12.6. The number of carbonyl (C=O) groups excluding carboxylic acids is 1. The summed E-state index contributed by atoms with van der Waals surface area (Å²) in [6.07, 6.45) is 1.06. The van der Waals surface area contributed by atoms with Crippen LogP contribution >= 0.6 is 0 Å². The van der Waals surface area contributed by atoms with E-state index in [1.807, 2.05) is 0 Å². The molecular weight excluding hydrogens is 408 g/mol. The number of hydrogen-bond donors (Lipinski definition) is 1. The van der Waals surface area contributed by atoms with Crippen molar-refractivity contribution >= 4 is 21.6 Å². The van der Waals surface area contributed by atoms with Crippen LogP contribution in [-0.4, -0.2) is 43.9 Å². The second kappa shape index (κ2) is 8.95. The number of para-hydroxylation sites is 1. The highest BCUT2D eigenvalue weighted by Crippen LogP contribution is 2.21. The van der Waals surface area contributed by atoms with Crippen molar-refractivity contribution in [2.75, 3.05) is 17.7 Å². The van der Waals surface area contributed by atoms with Crippen molar-refractivity contribution < 1.29 is 22.5 Å². The SMILES string of the molecule is COc1ccc(-c2noc(CNC(=O)[C@@H](C)N(c3ccccc3)S(C)(=O)=O)n2)cc1. The molecule has 9 nitrogen and oxygen atoms in total. The first-order valence-electron chi connectivity index (χ1n) is 9.09. The van der Waals surface area contributed by atoms with Gasteiger partial charge >= 0.3 is 0 Å². The maximum Gasteiger partial charge on any atom is 0.246 e. The quantitative estimate of drug-likeness (QED) is 0.583. The van der Waals surface area contributed by atoms with Crippen LogP contribution in [0.25, 0.3) is 11.4 Å². The molecule has 0 radical (unpaired) electrons. The highest BCUT2D eigenvalue weighted by molar-refractivity contribution is 7.92. The summed E-state index contributed by atoms with van der Waals surface area (Å²) in [4.78, 5) is 16.9. The van der Waals surface area contributed by atoms with E-state index in [4.69, 9.17) is 9.26 Å². The van der Waals surface area contributed by atoms with Crippen LogP contribution in [0.5, 0.6) is 5.75 Å². The maximum atomic E-state index is 12.6. The van der Waals surface area contributed by atoms with Crippen LogP contribution in [0.3, 0.4) is 0 Å². The number of sulfonamides is 1. The Hall–Kier alpha value is -3.40. The van der Waals surface area contributed by atoms with Crippen LogP contribution in [0.2, 0.25) is 0 Å². The van der Waals surface area contributed by atoms with E-state index >= 15 is 0 Å². The molecule has 158 valence electrons. The first-order valence-corrected chi connectivity index (χ1v) is 10.9. The van der Waals surface area contributed by atoms with Crippen LogP contribution in [-0.2, 0) is 21.4 Å². The highest BCUT2D eigenvalue weighted by atomic mass is 32.2. The lowest BCUT2D eigenvalue weighted by atomic mass is 10.2. The molecule has 0 bridgehead atoms. The molecule has 2 aromatic carbocycles. The first kappa shape index (κ1) is 21.3. The molecule has 0 aliphatic heterocycles. The highest BCUT2D eigenvalue weighted by Gasteiger charge is 2.29. The number of anilines is 1. The van der Waals surface area contributed by atoms with E-state index in [1.165, 1.54) is 6.92 Å². The van der Waals surface area contributed by atoms with Crippen molar-refractivity contribution in [3.63, 3.8) is 0 Å². The fraction of sp³-hybridized carbons (Fsp3) is 0.250. The Morgan fingerprint density at radius 3 is 2.43 bits per heavy atom. The van der Waals surface area contributed by atoms with Gasteiger partial charge in [0.2, 0.25) is 27.6 Å². The normalized spacial score (nSPS) is 12.2. The van der Waals surface area contributed by atoms with Crippen LogP contribution in [0.4, 0.5) is 5.69 Å². The van der Waals surface area contributed by atoms with Crippen molar-refractivity contribution in [2.24, 2.45) is 0 Å². The van der Waals surface area contributed by atoms with Crippen LogP contribution in [0, 0.1) is 0 Å². The average Bonchev–Trinajstić information content (AvgIpc) is 3.21. The van der Waals surface area contributed by atoms with Gasteiger partial charge in [0.1, 0.15) is 11.8 Å². The van der Waals surface area contributed by atoms with Crippen molar-refractivity contribution in [1.82, 2.24) is 15.5 Å². The number of carbonyl (C=O) groups is 1. The van der Waals surface area contributed by atoms with E-state index in [0.717, 1.165) is 16.1 Å². The minimum atomic E-state index is -3.67. The van der Waals surface area contributed by atoms with Crippen LogP contribution in [0.1, 0.15) is 12.8 Å². The number of rotatable bonds is 8. The summed E-state index contributed by atoms with van der Waals surface area (Å²) < 4.78 is 35.9. The standard InChI is InChI=1S/C20H22N4O5S/c1-14(24(30(3,26)27)16-7-5-4-6-8-16)20(25)21-13-18-22-19(23-29-18)15-9-11-17(28-2)12-10-15/h4-12,14H,13H2,1-3H3,(H,21,25)/t14-/m1/s1. The Balaban J connectivity index is 1.68. The predicted octanol–water partition coefficient (Wildman–Crippen LogP) is 2.22. The molecule has 1 amide bonds. The number of hydrogen-bond acceptors (Lipinski definition) is 7. The molecule has 3 aromatic rings. The largest absolute Gasteiger partial charge is 0.497 e. The summed E-state index contributed by atoms with van der Waals surface area (Å²) in [6, 6.07) is 14.6. The molecule has 1 aromatic heterocycles. The molecule has 1 N–H and O–H groups in total. The van der Waals surface area contributed by atoms with E-state index in [2.05, 4.69) is 15.5 Å². The van der Waals surface area contributed by atoms with Crippen molar-refractivity contribution in [1.29, 1.82) is 0 Å². The summed E-state index contributed by atoms with van der Waals surface area (Å²) >= 11 is 0. The number of aromatic nitrogens is 2. The summed E-state index contributed by atoms with van der Waals surface area (Å²) in [5, 5.41) is 6.54. The minimum absolute atomic E-state index is 0.0290. The molecule has 10 heteroatoms. The third-order valence-electron chi connectivity index (χ3n) is 4.33. The summed E-state index contributed by atoms with van der Waals surface area (Å²) in [6.45, 7) is 1.48. The molecule has 0 aliphatic rings. The Morgan fingerprint density at radius 1 is 1.17 bits per heavy atom. The number of amides is 1. The van der Waals surface area contributed by atoms with E-state index in [0.29, 0.717) is 17.3 Å². The Bertz CT molecular complexity index is 1100. The number of benzene rings is 2. The van der Waals surface area contributed by atoms with Gasteiger partial charge in [-0.1, -0.05) is 23.4 Å². The van der Waals surface area contributed by atoms with Gasteiger partial charge in [-0.15, -0.1) is 0 Å². The molecule has 30 heavy (non-hydrogen) atoms. The molecule has 0 saturated heterocycles. The number of nitrogens with zero attached hydrogens (tertiary/aromatic N) is 3. The lowest BCUT2D eigenvalue weighted by molar-refractivity contribution is -0.122. The van der Waals surface area contributed by atoms with E-state index < -0.39 is 22.0 Å². The monoisotopic (exact) mass is 430 g/mol. The molecule has 1 atom stereocenters. The molecule has 0 unspecified atom stereocenters. The van der Waals surface area contributed by atoms with Gasteiger partial charge in [-0.2, -0.15) is 4.98 Å². The fourth-order valence-corrected chi connectivity index (χ4v) is 4.05. The lowest BCUT2D eigenvalue weighted by Crippen LogP contribution is -2.47. The van der Waals surface area contributed by atoms with Gasteiger partial charge in [-0.3, -0.25) is 9.10 Å². The topological polar surface area (TPSA) is 115 Å². The zero-order valence-electron chi connectivity index (χ0n) is 16.8. The van der Waals surface area contributed by atoms with E-state index in [-0.39, 0.29) is 12.4 Å². The fourth-order valence-electron chi connectivity index (χ4n) is 2.88. The number of methoxy groups -OCH3 is 1. The van der Waals surface area contributed by atoms with Crippen molar-refractivity contribution in [3.05, 3.63) is 60.5 Å². The molecule has 0 spiro atoms. The molecule has 3 rings (SSSR count). The summed E-state index contributed by atoms with van der Waals surface area (Å²) in [5.41, 5.74) is 1.14. The van der Waals surface area contributed by atoms with Gasteiger partial charge in [-0.05, 0) is 43.3 Å². The smallest absolute Gasteiger partial charge is 0.246 e. The zero-order chi connectivity index (χ0) is 21.7. The third kappa shape index (κ3) is 4.95. The Labute approximate surface area is 174 Å². The molecule has 0 aliphatic carbocycles. The molecular formula is C20H22N4O5S. The Morgan fingerprint density at radius 2 is 1.83 bits per heavy atom. The second-order valence-electron chi connectivity index (χ2n) is 6.53. The van der Waals surface area contributed by atoms with Crippen LogP contribution < -0.4 is 14.4 Å². The van der Waals surface area contributed by atoms with Gasteiger partial charge in [0.15, 0.2) is 0 Å². The van der Waals surface area contributed by atoms with E-state index in [9.17, 15) is 13.2 Å². The third-order valence-corrected chi connectivity index (χ3v) is 5.57. The molecule has 0 fully saturated rings. The summed E-state index contributed by atoms with van der Waals surface area (Å²) in [5.74, 6) is 0.787. The van der Waals surface area contributed by atoms with Crippen LogP contribution in [0.15, 0.2) is 59.1 Å². The number of ether oxygens (including phenoxy) is 1. The zero-order valence-corrected chi connectivity index (χ0v) is 17.6. The first-order chi connectivity index (χ1) is 14.3. The van der Waals surface area contributed by atoms with Gasteiger partial charge in [0, 0.05) is 5.56 Å².